The van der Waals surface area contributed by atoms with Crippen LogP contribution >= 0.6 is 0 Å². The minimum Gasteiger partial charge on any atom is -0.481 e. The molecule has 0 spiro atoms. The first-order valence-electron chi connectivity index (χ1n) is 7.75. The van der Waals surface area contributed by atoms with Gasteiger partial charge in [0.25, 0.3) is 0 Å². The van der Waals surface area contributed by atoms with Crippen LogP contribution in [0.25, 0.3) is 11.0 Å². The lowest BCUT2D eigenvalue weighted by atomic mass is 10.1. The molecule has 1 fully saturated rings. The second-order valence-corrected chi connectivity index (χ2v) is 6.17. The largest absolute Gasteiger partial charge is 0.481 e. The Bertz CT molecular complexity index is 684. The number of aryl methyl sites for hydroxylation is 3. The number of aliphatic carboxylic acids is 1. The molecule has 1 aliphatic rings. The first-order valence-corrected chi connectivity index (χ1v) is 7.75. The van der Waals surface area contributed by atoms with Gasteiger partial charge >= 0.3 is 5.97 Å². The van der Waals surface area contributed by atoms with E-state index in [9.17, 15) is 4.79 Å². The maximum absolute atomic E-state index is 10.6. The summed E-state index contributed by atoms with van der Waals surface area (Å²) < 4.78 is 2.32. The van der Waals surface area contributed by atoms with Gasteiger partial charge < -0.3 is 9.67 Å². The Morgan fingerprint density at radius 2 is 2.00 bits per heavy atom. The fourth-order valence-corrected chi connectivity index (χ4v) is 2.83. The third-order valence-electron chi connectivity index (χ3n) is 4.36. The van der Waals surface area contributed by atoms with Crippen molar-refractivity contribution in [2.75, 3.05) is 0 Å². The van der Waals surface area contributed by atoms with Crippen LogP contribution in [0.4, 0.5) is 0 Å². The molecule has 1 aliphatic carbocycles. The van der Waals surface area contributed by atoms with Gasteiger partial charge in [-0.25, -0.2) is 4.98 Å². The van der Waals surface area contributed by atoms with Crippen LogP contribution in [0.3, 0.4) is 0 Å². The van der Waals surface area contributed by atoms with Crippen LogP contribution in [-0.4, -0.2) is 20.6 Å². The molecule has 1 heterocycles. The molecular weight excluding hydrogens is 264 g/mol. The van der Waals surface area contributed by atoms with E-state index in [2.05, 4.69) is 30.5 Å². The predicted molar refractivity (Wildman–Crippen MR) is 82.7 cm³/mol. The van der Waals surface area contributed by atoms with Crippen molar-refractivity contribution < 1.29 is 9.90 Å². The van der Waals surface area contributed by atoms with Gasteiger partial charge in [0.05, 0.1) is 11.0 Å². The third-order valence-corrected chi connectivity index (χ3v) is 4.36. The number of aromatic nitrogens is 2. The van der Waals surface area contributed by atoms with Crippen molar-refractivity contribution >= 4 is 17.0 Å². The van der Waals surface area contributed by atoms with Gasteiger partial charge in [-0.1, -0.05) is 0 Å². The lowest BCUT2D eigenvalue weighted by molar-refractivity contribution is -0.137. The summed E-state index contributed by atoms with van der Waals surface area (Å²) in [6.45, 7) is 5.13. The predicted octanol–water partition coefficient (Wildman–Crippen LogP) is 3.79. The van der Waals surface area contributed by atoms with Crippen LogP contribution in [0.1, 0.15) is 55.0 Å². The molecule has 1 saturated carbocycles. The zero-order valence-corrected chi connectivity index (χ0v) is 12.7. The van der Waals surface area contributed by atoms with Crippen LogP contribution < -0.4 is 0 Å². The van der Waals surface area contributed by atoms with E-state index in [1.165, 1.54) is 35.3 Å². The molecule has 0 saturated heterocycles. The summed E-state index contributed by atoms with van der Waals surface area (Å²) in [5.74, 6) is 1.10. The number of fused-ring (bicyclic) bond motifs is 1. The van der Waals surface area contributed by atoms with Crippen LogP contribution in [-0.2, 0) is 11.3 Å². The van der Waals surface area contributed by atoms with Crippen LogP contribution in [0.5, 0.6) is 0 Å². The van der Waals surface area contributed by atoms with Crippen LogP contribution in [0.2, 0.25) is 0 Å². The molecule has 21 heavy (non-hydrogen) atoms. The Morgan fingerprint density at radius 1 is 1.29 bits per heavy atom. The highest BCUT2D eigenvalue weighted by atomic mass is 16.4. The standard InChI is InChI=1S/C17H22N2O2/c1-11-9-14-15(10-12(11)2)19(8-4-3-5-16(20)21)17(18-14)13-6-7-13/h9-10,13H,3-8H2,1-2H3,(H,20,21). The fourth-order valence-electron chi connectivity index (χ4n) is 2.83. The van der Waals surface area contributed by atoms with Crippen LogP contribution in [0, 0.1) is 13.8 Å². The summed E-state index contributed by atoms with van der Waals surface area (Å²) in [6.07, 6.45) is 4.34. The van der Waals surface area contributed by atoms with Crippen LogP contribution in [0.15, 0.2) is 12.1 Å². The molecule has 4 nitrogen and oxygen atoms in total. The van der Waals surface area contributed by atoms with Gasteiger partial charge in [0.15, 0.2) is 0 Å². The minimum absolute atomic E-state index is 0.253. The zero-order chi connectivity index (χ0) is 15.0. The number of hydrogen-bond donors (Lipinski definition) is 1. The Labute approximate surface area is 124 Å². The molecule has 0 atom stereocenters. The normalized spacial score (nSPS) is 14.8. The number of unbranched alkanes of at least 4 members (excludes halogenated alkanes) is 1. The Morgan fingerprint density at radius 3 is 2.67 bits per heavy atom. The van der Waals surface area contributed by atoms with Gasteiger partial charge in [0.1, 0.15) is 5.82 Å². The average Bonchev–Trinajstić information content (AvgIpc) is 3.20. The van der Waals surface area contributed by atoms with Crippen molar-refractivity contribution in [1.82, 2.24) is 9.55 Å². The van der Waals surface area contributed by atoms with Crippen molar-refractivity contribution in [3.63, 3.8) is 0 Å². The maximum Gasteiger partial charge on any atom is 0.303 e. The third kappa shape index (κ3) is 2.94. The topological polar surface area (TPSA) is 55.1 Å². The van der Waals surface area contributed by atoms with E-state index < -0.39 is 5.97 Å². The number of carbonyl (C=O) groups is 1. The number of nitrogens with zero attached hydrogens (tertiary/aromatic N) is 2. The highest BCUT2D eigenvalue weighted by molar-refractivity contribution is 5.78. The van der Waals surface area contributed by atoms with Gasteiger partial charge in [-0.15, -0.1) is 0 Å². The van der Waals surface area contributed by atoms with E-state index in [-0.39, 0.29) is 6.42 Å². The smallest absolute Gasteiger partial charge is 0.303 e. The van der Waals surface area contributed by atoms with E-state index in [4.69, 9.17) is 10.1 Å². The summed E-state index contributed by atoms with van der Waals surface area (Å²) in [6, 6.07) is 4.39. The summed E-state index contributed by atoms with van der Waals surface area (Å²) in [7, 11) is 0. The molecule has 0 aliphatic heterocycles. The van der Waals surface area contributed by atoms with Gasteiger partial charge in [-0.2, -0.15) is 0 Å². The quantitative estimate of drug-likeness (QED) is 0.822. The Hall–Kier alpha value is -1.84. The molecule has 112 valence electrons. The first-order chi connectivity index (χ1) is 10.1. The van der Waals surface area contributed by atoms with E-state index in [0.29, 0.717) is 5.92 Å². The average molecular weight is 286 g/mol. The second-order valence-electron chi connectivity index (χ2n) is 6.17. The number of rotatable bonds is 6. The molecule has 0 radical (unpaired) electrons. The molecule has 3 rings (SSSR count). The van der Waals surface area contributed by atoms with Crippen molar-refractivity contribution in [3.8, 4) is 0 Å². The number of carboxylic acid groups (broad SMARTS) is 1. The van der Waals surface area contributed by atoms with Gasteiger partial charge in [0, 0.05) is 18.9 Å². The summed E-state index contributed by atoms with van der Waals surface area (Å²) in [5.41, 5.74) is 4.85. The monoisotopic (exact) mass is 286 g/mol. The van der Waals surface area contributed by atoms with Gasteiger partial charge in [-0.05, 0) is 62.8 Å². The summed E-state index contributed by atoms with van der Waals surface area (Å²) >= 11 is 0. The molecule has 0 amide bonds. The van der Waals surface area contributed by atoms with Crippen molar-refractivity contribution in [3.05, 3.63) is 29.1 Å². The van der Waals surface area contributed by atoms with Crippen molar-refractivity contribution in [1.29, 1.82) is 0 Å². The Balaban J connectivity index is 1.88. The molecule has 0 unspecified atom stereocenters. The SMILES string of the molecule is Cc1cc2nc(C3CC3)n(CCCCC(=O)O)c2cc1C. The number of benzene rings is 1. The van der Waals surface area contributed by atoms with Crippen molar-refractivity contribution in [2.45, 2.75) is 58.4 Å². The minimum atomic E-state index is -0.709. The highest BCUT2D eigenvalue weighted by Gasteiger charge is 2.29. The van der Waals surface area contributed by atoms with E-state index >= 15 is 0 Å². The summed E-state index contributed by atoms with van der Waals surface area (Å²) in [5, 5.41) is 8.74. The van der Waals surface area contributed by atoms with E-state index in [0.717, 1.165) is 24.9 Å². The molecule has 0 bridgehead atoms. The molecule has 4 heteroatoms. The number of imidazole rings is 1. The summed E-state index contributed by atoms with van der Waals surface area (Å²) in [4.78, 5) is 15.5. The van der Waals surface area contributed by atoms with Gasteiger partial charge in [-0.3, -0.25) is 4.79 Å². The number of carboxylic acids is 1. The van der Waals surface area contributed by atoms with E-state index in [1.807, 2.05) is 0 Å². The first kappa shape index (κ1) is 14.1. The van der Waals surface area contributed by atoms with Gasteiger partial charge in [0.2, 0.25) is 0 Å². The lowest BCUT2D eigenvalue weighted by Crippen LogP contribution is -2.04. The molecule has 1 aromatic carbocycles. The van der Waals surface area contributed by atoms with Crippen molar-refractivity contribution in [2.24, 2.45) is 0 Å². The molecular formula is C17H22N2O2. The molecule has 2 aromatic rings. The molecule has 1 N–H and O–H groups in total. The number of hydrogen-bond acceptors (Lipinski definition) is 2. The molecule has 1 aromatic heterocycles. The lowest BCUT2D eigenvalue weighted by Gasteiger charge is -2.09. The maximum atomic E-state index is 10.6. The Kier molecular flexibility index (Phi) is 3.70. The zero-order valence-electron chi connectivity index (χ0n) is 12.7. The fraction of sp³-hybridized carbons (Fsp3) is 0.529. The second kappa shape index (κ2) is 5.51. The highest BCUT2D eigenvalue weighted by Crippen LogP contribution is 2.41. The van der Waals surface area contributed by atoms with E-state index in [1.54, 1.807) is 0 Å².